The fourth-order valence-electron chi connectivity index (χ4n) is 1.96. The van der Waals surface area contributed by atoms with Crippen molar-refractivity contribution in [3.63, 3.8) is 0 Å². The highest BCUT2D eigenvalue weighted by molar-refractivity contribution is 7.10. The molecule has 118 valence electrons. The molecule has 2 aromatic heterocycles. The molecular weight excluding hydrogens is 300 g/mol. The molecule has 0 aliphatic rings. The van der Waals surface area contributed by atoms with Crippen molar-refractivity contribution in [3.05, 3.63) is 40.7 Å². The summed E-state index contributed by atoms with van der Waals surface area (Å²) in [6.07, 6.45) is 1.56. The van der Waals surface area contributed by atoms with Gasteiger partial charge in [-0.05, 0) is 31.6 Å². The minimum absolute atomic E-state index is 0.153. The van der Waals surface area contributed by atoms with E-state index in [2.05, 4.69) is 26.6 Å². The Balaban J connectivity index is 1.88. The third-order valence-corrected chi connectivity index (χ3v) is 4.13. The average Bonchev–Trinajstić information content (AvgIpc) is 3.02. The summed E-state index contributed by atoms with van der Waals surface area (Å²) >= 11 is 1.68. The summed E-state index contributed by atoms with van der Waals surface area (Å²) in [5, 5.41) is 7.67. The van der Waals surface area contributed by atoms with E-state index in [1.165, 1.54) is 4.88 Å². The van der Waals surface area contributed by atoms with Gasteiger partial charge in [0.15, 0.2) is 0 Å². The van der Waals surface area contributed by atoms with Crippen LogP contribution >= 0.6 is 11.3 Å². The Labute approximate surface area is 134 Å². The average molecular weight is 320 g/mol. The first-order valence-corrected chi connectivity index (χ1v) is 7.73. The van der Waals surface area contributed by atoms with Gasteiger partial charge < -0.3 is 20.3 Å². The number of hydrogen-bond donors (Lipinski definition) is 2. The number of pyridine rings is 1. The summed E-state index contributed by atoms with van der Waals surface area (Å²) in [6.45, 7) is 0.531. The maximum absolute atomic E-state index is 12.0. The molecule has 2 amide bonds. The van der Waals surface area contributed by atoms with Gasteiger partial charge in [0, 0.05) is 17.5 Å². The molecule has 2 rings (SSSR count). The third-order valence-electron chi connectivity index (χ3n) is 3.15. The van der Waals surface area contributed by atoms with E-state index in [9.17, 15) is 4.79 Å². The van der Waals surface area contributed by atoms with E-state index < -0.39 is 0 Å². The van der Waals surface area contributed by atoms with Crippen LogP contribution in [0.4, 0.5) is 10.5 Å². The first-order valence-electron chi connectivity index (χ1n) is 6.85. The first-order chi connectivity index (χ1) is 10.6. The Morgan fingerprint density at radius 3 is 2.77 bits per heavy atom. The zero-order chi connectivity index (χ0) is 15.9. The van der Waals surface area contributed by atoms with Crippen molar-refractivity contribution in [1.82, 2.24) is 15.2 Å². The predicted octanol–water partition coefficient (Wildman–Crippen LogP) is 2.58. The van der Waals surface area contributed by atoms with E-state index in [1.807, 2.05) is 25.5 Å². The molecule has 0 spiro atoms. The van der Waals surface area contributed by atoms with Crippen LogP contribution in [0, 0.1) is 0 Å². The van der Waals surface area contributed by atoms with Crippen molar-refractivity contribution in [2.75, 3.05) is 33.1 Å². The molecule has 2 heterocycles. The van der Waals surface area contributed by atoms with Crippen molar-refractivity contribution in [2.45, 2.75) is 6.04 Å². The van der Waals surface area contributed by atoms with E-state index in [4.69, 9.17) is 4.74 Å². The lowest BCUT2D eigenvalue weighted by molar-refractivity contribution is 0.244. The van der Waals surface area contributed by atoms with Crippen molar-refractivity contribution >= 4 is 23.1 Å². The topological polar surface area (TPSA) is 66.5 Å². The second-order valence-electron chi connectivity index (χ2n) is 4.92. The molecule has 0 saturated carbocycles. The van der Waals surface area contributed by atoms with E-state index in [-0.39, 0.29) is 12.1 Å². The summed E-state index contributed by atoms with van der Waals surface area (Å²) in [5.41, 5.74) is 0.621. The largest absolute Gasteiger partial charge is 0.481 e. The number of amides is 2. The first kappa shape index (κ1) is 16.3. The third kappa shape index (κ3) is 4.44. The predicted molar refractivity (Wildman–Crippen MR) is 88.6 cm³/mol. The van der Waals surface area contributed by atoms with Crippen molar-refractivity contribution in [3.8, 4) is 5.88 Å². The van der Waals surface area contributed by atoms with Crippen molar-refractivity contribution < 1.29 is 9.53 Å². The number of aromatic nitrogens is 1. The number of rotatable bonds is 6. The normalized spacial score (nSPS) is 12.0. The van der Waals surface area contributed by atoms with Gasteiger partial charge in [-0.1, -0.05) is 6.07 Å². The molecule has 22 heavy (non-hydrogen) atoms. The van der Waals surface area contributed by atoms with Gasteiger partial charge in [0.25, 0.3) is 0 Å². The molecular formula is C15H20N4O2S. The summed E-state index contributed by atoms with van der Waals surface area (Å²) in [4.78, 5) is 19.3. The molecule has 0 unspecified atom stereocenters. The molecule has 0 fully saturated rings. The summed E-state index contributed by atoms with van der Waals surface area (Å²) in [5.74, 6) is 0.510. The second kappa shape index (κ2) is 7.77. The Morgan fingerprint density at radius 1 is 1.41 bits per heavy atom. The Kier molecular flexibility index (Phi) is 5.74. The highest BCUT2D eigenvalue weighted by atomic mass is 32.1. The van der Waals surface area contributed by atoms with Gasteiger partial charge >= 0.3 is 6.03 Å². The lowest BCUT2D eigenvalue weighted by Crippen LogP contribution is -2.36. The highest BCUT2D eigenvalue weighted by Gasteiger charge is 2.16. The number of nitrogens with one attached hydrogen (secondary N) is 2. The molecule has 2 aromatic rings. The number of nitrogens with zero attached hydrogens (tertiary/aromatic N) is 2. The second-order valence-corrected chi connectivity index (χ2v) is 5.90. The zero-order valence-corrected chi connectivity index (χ0v) is 13.7. The van der Waals surface area contributed by atoms with Crippen molar-refractivity contribution in [1.29, 1.82) is 0 Å². The van der Waals surface area contributed by atoms with Crippen LogP contribution in [-0.4, -0.2) is 43.7 Å². The lowest BCUT2D eigenvalue weighted by Gasteiger charge is -2.23. The number of thiophene rings is 1. The number of carbonyl (C=O) groups excluding carboxylic acids is 1. The minimum atomic E-state index is -0.254. The van der Waals surface area contributed by atoms with Gasteiger partial charge in [0.2, 0.25) is 5.88 Å². The van der Waals surface area contributed by atoms with Crippen LogP contribution in [0.1, 0.15) is 10.9 Å². The number of hydrogen-bond acceptors (Lipinski definition) is 5. The van der Waals surface area contributed by atoms with Crippen LogP contribution in [0.2, 0.25) is 0 Å². The summed E-state index contributed by atoms with van der Waals surface area (Å²) in [7, 11) is 5.54. The van der Waals surface area contributed by atoms with Gasteiger partial charge in [-0.2, -0.15) is 0 Å². The Hall–Kier alpha value is -2.12. The zero-order valence-electron chi connectivity index (χ0n) is 12.9. The fourth-order valence-corrected chi connectivity index (χ4v) is 2.88. The molecule has 0 aliphatic carbocycles. The molecule has 0 saturated heterocycles. The van der Waals surface area contributed by atoms with Gasteiger partial charge in [-0.25, -0.2) is 9.78 Å². The van der Waals surface area contributed by atoms with Crippen molar-refractivity contribution in [2.24, 2.45) is 0 Å². The van der Waals surface area contributed by atoms with Crippen LogP contribution in [0.3, 0.4) is 0 Å². The van der Waals surface area contributed by atoms with Crippen LogP contribution in [-0.2, 0) is 0 Å². The Morgan fingerprint density at radius 2 is 2.23 bits per heavy atom. The van der Waals surface area contributed by atoms with E-state index in [0.717, 1.165) is 0 Å². The number of urea groups is 1. The van der Waals surface area contributed by atoms with Crippen LogP contribution in [0.15, 0.2) is 35.8 Å². The molecule has 2 N–H and O–H groups in total. The van der Waals surface area contributed by atoms with E-state index in [0.29, 0.717) is 18.1 Å². The van der Waals surface area contributed by atoms with Crippen LogP contribution in [0.25, 0.3) is 0 Å². The molecule has 7 heteroatoms. The maximum Gasteiger partial charge on any atom is 0.319 e. The molecule has 0 radical (unpaired) electrons. The molecule has 1 atom stereocenters. The van der Waals surface area contributed by atoms with E-state index >= 15 is 0 Å². The summed E-state index contributed by atoms with van der Waals surface area (Å²) < 4.78 is 4.98. The number of methoxy groups -OCH3 is 1. The molecule has 0 bridgehead atoms. The quantitative estimate of drug-likeness (QED) is 0.858. The van der Waals surface area contributed by atoms with E-state index in [1.54, 1.807) is 36.8 Å². The number of likely N-dealkylation sites (N-methyl/N-ethyl adjacent to an activating group) is 1. The Bertz CT molecular complexity index is 584. The smallest absolute Gasteiger partial charge is 0.319 e. The lowest BCUT2D eigenvalue weighted by atomic mass is 10.2. The molecule has 0 aliphatic heterocycles. The van der Waals surface area contributed by atoms with Crippen LogP contribution in [0.5, 0.6) is 5.88 Å². The maximum atomic E-state index is 12.0. The van der Waals surface area contributed by atoms with Gasteiger partial charge in [0.05, 0.1) is 25.0 Å². The number of carbonyl (C=O) groups is 1. The monoisotopic (exact) mass is 320 g/mol. The fraction of sp³-hybridized carbons (Fsp3) is 0.333. The number of anilines is 1. The minimum Gasteiger partial charge on any atom is -0.481 e. The molecule has 6 nitrogen and oxygen atoms in total. The van der Waals surface area contributed by atoms with Gasteiger partial charge in [-0.15, -0.1) is 11.3 Å². The molecule has 0 aromatic carbocycles. The number of ether oxygens (including phenoxy) is 1. The SMILES string of the molecule is COc1ccc(NC(=O)NC[C@H](c2cccs2)N(C)C)cn1. The summed E-state index contributed by atoms with van der Waals surface area (Å²) in [6, 6.07) is 7.43. The highest BCUT2D eigenvalue weighted by Crippen LogP contribution is 2.22. The standard InChI is InChI=1S/C15H20N4O2S/c1-19(2)12(13-5-4-8-22-13)10-17-15(20)18-11-6-7-14(21-3)16-9-11/h4-9,12H,10H2,1-3H3,(H2,17,18,20)/t12-/m1/s1. The van der Waals surface area contributed by atoms with Gasteiger partial charge in [0.1, 0.15) is 0 Å². The van der Waals surface area contributed by atoms with Crippen LogP contribution < -0.4 is 15.4 Å². The van der Waals surface area contributed by atoms with Gasteiger partial charge in [-0.3, -0.25) is 0 Å².